The molecule has 3 rings (SSSR count). The highest BCUT2D eigenvalue weighted by molar-refractivity contribution is 9.10. The molecule has 1 atom stereocenters. The second-order valence-electron chi connectivity index (χ2n) is 6.00. The van der Waals surface area contributed by atoms with E-state index >= 15 is 0 Å². The minimum Gasteiger partial charge on any atom is -0.363 e. The molecular formula is C18H17BrFN5O. The molecule has 2 aromatic heterocycles. The van der Waals surface area contributed by atoms with Crippen molar-refractivity contribution in [1.82, 2.24) is 14.6 Å². The molecule has 0 bridgehead atoms. The number of hydrogen-bond donors (Lipinski definition) is 2. The van der Waals surface area contributed by atoms with Gasteiger partial charge in [-0.3, -0.25) is 9.89 Å². The number of benzene rings is 1. The van der Waals surface area contributed by atoms with Crippen LogP contribution in [0.3, 0.4) is 0 Å². The molecule has 6 nitrogen and oxygen atoms in total. The lowest BCUT2D eigenvalue weighted by Crippen LogP contribution is -2.16. The Morgan fingerprint density at radius 1 is 1.46 bits per heavy atom. The lowest BCUT2D eigenvalue weighted by atomic mass is 10.1. The molecule has 8 heteroatoms. The maximum Gasteiger partial charge on any atom is 0.272 e. The Balaban J connectivity index is 2.03. The SMILES string of the molecule is CCCc1cc(=O)n2[nH]c(N[C@@H](C)c3ccc(Br)cc3F)c(C#N)c2n1. The molecule has 0 fully saturated rings. The Hall–Kier alpha value is -2.66. The van der Waals surface area contributed by atoms with Gasteiger partial charge in [0, 0.05) is 21.8 Å². The Kier molecular flexibility index (Phi) is 5.09. The van der Waals surface area contributed by atoms with Crippen molar-refractivity contribution in [3.8, 4) is 6.07 Å². The molecule has 1 aromatic carbocycles. The van der Waals surface area contributed by atoms with Gasteiger partial charge in [0.05, 0.1) is 6.04 Å². The first kappa shape index (κ1) is 18.1. The molecule has 2 heterocycles. The van der Waals surface area contributed by atoms with Gasteiger partial charge in [0.2, 0.25) is 0 Å². The molecule has 134 valence electrons. The van der Waals surface area contributed by atoms with Gasteiger partial charge >= 0.3 is 0 Å². The molecule has 0 aliphatic carbocycles. The van der Waals surface area contributed by atoms with Crippen LogP contribution >= 0.6 is 15.9 Å². The molecule has 2 N–H and O–H groups in total. The van der Waals surface area contributed by atoms with Crippen LogP contribution in [0.25, 0.3) is 5.65 Å². The van der Waals surface area contributed by atoms with Gasteiger partial charge < -0.3 is 5.32 Å². The van der Waals surface area contributed by atoms with Gasteiger partial charge in [0.15, 0.2) is 5.65 Å². The van der Waals surface area contributed by atoms with Gasteiger partial charge in [-0.05, 0) is 25.5 Å². The summed E-state index contributed by atoms with van der Waals surface area (Å²) >= 11 is 3.23. The molecule has 0 saturated carbocycles. The fourth-order valence-electron chi connectivity index (χ4n) is 2.83. The van der Waals surface area contributed by atoms with Crippen LogP contribution in [-0.2, 0) is 6.42 Å². The number of halogens is 2. The van der Waals surface area contributed by atoms with Crippen LogP contribution in [-0.4, -0.2) is 14.6 Å². The number of aromatic nitrogens is 3. The number of rotatable bonds is 5. The summed E-state index contributed by atoms with van der Waals surface area (Å²) in [7, 11) is 0. The molecule has 0 spiro atoms. The Morgan fingerprint density at radius 2 is 2.23 bits per heavy atom. The van der Waals surface area contributed by atoms with Gasteiger partial charge in [-0.25, -0.2) is 9.37 Å². The van der Waals surface area contributed by atoms with Crippen molar-refractivity contribution in [2.75, 3.05) is 5.32 Å². The molecule has 3 aromatic rings. The number of hydrogen-bond acceptors (Lipinski definition) is 4. The predicted molar refractivity (Wildman–Crippen MR) is 101 cm³/mol. The first-order valence-corrected chi connectivity index (χ1v) is 9.00. The fourth-order valence-corrected chi connectivity index (χ4v) is 3.16. The maximum atomic E-state index is 14.2. The van der Waals surface area contributed by atoms with E-state index in [-0.39, 0.29) is 22.6 Å². The quantitative estimate of drug-likeness (QED) is 0.658. The van der Waals surface area contributed by atoms with Crippen LogP contribution in [0, 0.1) is 17.1 Å². The predicted octanol–water partition coefficient (Wildman–Crippen LogP) is 3.92. The number of aromatic amines is 1. The van der Waals surface area contributed by atoms with Gasteiger partial charge in [0.1, 0.15) is 23.3 Å². The van der Waals surface area contributed by atoms with Crippen molar-refractivity contribution in [3.63, 3.8) is 0 Å². The van der Waals surface area contributed by atoms with Crippen molar-refractivity contribution >= 4 is 27.4 Å². The monoisotopic (exact) mass is 417 g/mol. The van der Waals surface area contributed by atoms with Crippen molar-refractivity contribution in [2.24, 2.45) is 0 Å². The van der Waals surface area contributed by atoms with E-state index < -0.39 is 6.04 Å². The van der Waals surface area contributed by atoms with E-state index in [2.05, 4.69) is 37.4 Å². The second-order valence-corrected chi connectivity index (χ2v) is 6.92. The van der Waals surface area contributed by atoms with Crippen molar-refractivity contribution in [2.45, 2.75) is 32.7 Å². The molecule has 0 saturated heterocycles. The molecule has 0 amide bonds. The van der Waals surface area contributed by atoms with Gasteiger partial charge in [0.25, 0.3) is 5.56 Å². The third-order valence-electron chi connectivity index (χ3n) is 4.08. The fraction of sp³-hybridized carbons (Fsp3) is 0.278. The Morgan fingerprint density at radius 3 is 2.88 bits per heavy atom. The standard InChI is InChI=1S/C18H17BrFN5O/c1-3-4-12-8-16(26)25-18(23-12)14(9-21)17(24-25)22-10(2)13-6-5-11(19)7-15(13)20/h5-8,10,22,24H,3-4H2,1-2H3/t10-/m0/s1. The summed E-state index contributed by atoms with van der Waals surface area (Å²) in [6, 6.07) is 7.90. The average molecular weight is 418 g/mol. The van der Waals surface area contributed by atoms with E-state index in [4.69, 9.17) is 0 Å². The summed E-state index contributed by atoms with van der Waals surface area (Å²) in [4.78, 5) is 16.7. The number of nitrogens with zero attached hydrogens (tertiary/aromatic N) is 3. The van der Waals surface area contributed by atoms with Crippen LogP contribution in [0.1, 0.15) is 43.1 Å². The van der Waals surface area contributed by atoms with Crippen molar-refractivity contribution < 1.29 is 4.39 Å². The van der Waals surface area contributed by atoms with Crippen LogP contribution in [0.2, 0.25) is 0 Å². The molecule has 0 unspecified atom stereocenters. The first-order valence-electron chi connectivity index (χ1n) is 8.20. The second kappa shape index (κ2) is 7.30. The number of anilines is 1. The molecular weight excluding hydrogens is 401 g/mol. The lowest BCUT2D eigenvalue weighted by molar-refractivity contribution is 0.599. The summed E-state index contributed by atoms with van der Waals surface area (Å²) in [5.41, 5.74) is 1.30. The van der Waals surface area contributed by atoms with E-state index in [0.29, 0.717) is 28.0 Å². The third-order valence-corrected chi connectivity index (χ3v) is 4.57. The van der Waals surface area contributed by atoms with Gasteiger partial charge in [-0.1, -0.05) is 35.3 Å². The Bertz CT molecular complexity index is 1070. The molecule has 0 radical (unpaired) electrons. The van der Waals surface area contributed by atoms with Crippen molar-refractivity contribution in [3.05, 3.63) is 61.7 Å². The lowest BCUT2D eigenvalue weighted by Gasteiger charge is -2.15. The highest BCUT2D eigenvalue weighted by Gasteiger charge is 2.18. The molecule has 0 aliphatic rings. The largest absolute Gasteiger partial charge is 0.363 e. The summed E-state index contributed by atoms with van der Waals surface area (Å²) < 4.78 is 16.1. The summed E-state index contributed by atoms with van der Waals surface area (Å²) in [5.74, 6) is -0.0323. The topological polar surface area (TPSA) is 86.0 Å². The summed E-state index contributed by atoms with van der Waals surface area (Å²) in [6.07, 6.45) is 1.50. The van der Waals surface area contributed by atoms with E-state index in [1.807, 2.05) is 6.92 Å². The minimum atomic E-state index is -0.422. The normalized spacial score (nSPS) is 12.1. The van der Waals surface area contributed by atoms with E-state index in [1.54, 1.807) is 19.1 Å². The van der Waals surface area contributed by atoms with Crippen LogP contribution in [0.5, 0.6) is 0 Å². The maximum absolute atomic E-state index is 14.2. The molecule has 26 heavy (non-hydrogen) atoms. The number of fused-ring (bicyclic) bond motifs is 1. The Labute approximate surface area is 157 Å². The minimum absolute atomic E-state index is 0.226. The third kappa shape index (κ3) is 3.35. The van der Waals surface area contributed by atoms with Crippen molar-refractivity contribution in [1.29, 1.82) is 5.26 Å². The number of H-pyrrole nitrogens is 1. The zero-order valence-corrected chi connectivity index (χ0v) is 15.9. The summed E-state index contributed by atoms with van der Waals surface area (Å²) in [5, 5.41) is 15.5. The van der Waals surface area contributed by atoms with Gasteiger partial charge in [-0.2, -0.15) is 9.78 Å². The summed E-state index contributed by atoms with van der Waals surface area (Å²) in [6.45, 7) is 3.77. The van der Waals surface area contributed by atoms with Crippen LogP contribution in [0.4, 0.5) is 10.2 Å². The zero-order valence-electron chi connectivity index (χ0n) is 14.3. The number of nitriles is 1. The first-order chi connectivity index (χ1) is 12.4. The van der Waals surface area contributed by atoms with Crippen LogP contribution in [0.15, 0.2) is 33.5 Å². The van der Waals surface area contributed by atoms with Crippen LogP contribution < -0.4 is 10.9 Å². The highest BCUT2D eigenvalue weighted by Crippen LogP contribution is 2.26. The number of aryl methyl sites for hydroxylation is 1. The van der Waals surface area contributed by atoms with E-state index in [1.165, 1.54) is 16.6 Å². The van der Waals surface area contributed by atoms with E-state index in [9.17, 15) is 14.4 Å². The average Bonchev–Trinajstić information content (AvgIpc) is 2.92. The number of nitrogens with one attached hydrogen (secondary N) is 2. The molecule has 0 aliphatic heterocycles. The smallest absolute Gasteiger partial charge is 0.272 e. The zero-order chi connectivity index (χ0) is 18.8. The highest BCUT2D eigenvalue weighted by atomic mass is 79.9. The van der Waals surface area contributed by atoms with Gasteiger partial charge in [-0.15, -0.1) is 0 Å². The van der Waals surface area contributed by atoms with E-state index in [0.717, 1.165) is 6.42 Å².